The topological polar surface area (TPSA) is 41.1 Å². The number of amides is 2. The van der Waals surface area contributed by atoms with Crippen molar-refractivity contribution in [2.45, 2.75) is 18.4 Å². The molecule has 1 saturated carbocycles. The molecule has 5 heteroatoms. The normalized spacial score (nSPS) is 15.3. The first kappa shape index (κ1) is 13.9. The maximum Gasteiger partial charge on any atom is 0.320 e. The van der Waals surface area contributed by atoms with Gasteiger partial charge in [-0.15, -0.1) is 0 Å². The Kier molecular flexibility index (Phi) is 3.55. The van der Waals surface area contributed by atoms with E-state index in [1.165, 1.54) is 12.1 Å². The molecule has 3 rings (SSSR count). The predicted octanol–water partition coefficient (Wildman–Crippen LogP) is 4.29. The fraction of sp³-hybridized carbons (Fsp3) is 0.188. The molecule has 0 aliphatic heterocycles. The van der Waals surface area contributed by atoms with Gasteiger partial charge in [-0.25, -0.2) is 9.18 Å². The van der Waals surface area contributed by atoms with Gasteiger partial charge in [0.15, 0.2) is 0 Å². The van der Waals surface area contributed by atoms with E-state index in [1.807, 2.05) is 12.1 Å². The molecule has 2 N–H and O–H groups in total. The number of hydrogen-bond donors (Lipinski definition) is 2. The molecule has 0 aromatic heterocycles. The molecular weight excluding hydrogens is 291 g/mol. The summed E-state index contributed by atoms with van der Waals surface area (Å²) in [4.78, 5) is 12.0. The van der Waals surface area contributed by atoms with E-state index in [2.05, 4.69) is 10.6 Å². The number of halogens is 2. The Morgan fingerprint density at radius 3 is 2.38 bits per heavy atom. The van der Waals surface area contributed by atoms with Crippen molar-refractivity contribution in [2.75, 3.05) is 5.32 Å². The number of nitrogens with one attached hydrogen (secondary N) is 2. The lowest BCUT2D eigenvalue weighted by Crippen LogP contribution is -2.38. The van der Waals surface area contributed by atoms with Gasteiger partial charge >= 0.3 is 6.03 Å². The minimum Gasteiger partial charge on any atom is -0.328 e. The van der Waals surface area contributed by atoms with E-state index in [4.69, 9.17) is 11.6 Å². The van der Waals surface area contributed by atoms with Crippen molar-refractivity contribution in [2.24, 2.45) is 0 Å². The maximum absolute atomic E-state index is 13.5. The Morgan fingerprint density at radius 2 is 1.76 bits per heavy atom. The highest BCUT2D eigenvalue weighted by Crippen LogP contribution is 2.45. The van der Waals surface area contributed by atoms with Crippen LogP contribution < -0.4 is 10.6 Å². The molecular formula is C16H14ClFN2O. The van der Waals surface area contributed by atoms with Crippen LogP contribution in [0.3, 0.4) is 0 Å². The highest BCUT2D eigenvalue weighted by molar-refractivity contribution is 6.30. The summed E-state index contributed by atoms with van der Waals surface area (Å²) in [5, 5.41) is 6.11. The molecule has 1 fully saturated rings. The van der Waals surface area contributed by atoms with Crippen LogP contribution in [-0.2, 0) is 5.54 Å². The number of carbonyl (C=O) groups excluding carboxylic acids is 1. The Hall–Kier alpha value is -2.07. The quantitative estimate of drug-likeness (QED) is 0.872. The maximum atomic E-state index is 13.5. The van der Waals surface area contributed by atoms with Crippen molar-refractivity contribution < 1.29 is 9.18 Å². The van der Waals surface area contributed by atoms with Crippen LogP contribution in [0.25, 0.3) is 0 Å². The summed E-state index contributed by atoms with van der Waals surface area (Å²) in [6.07, 6.45) is 1.72. The highest BCUT2D eigenvalue weighted by Gasteiger charge is 2.45. The van der Waals surface area contributed by atoms with Gasteiger partial charge in [-0.3, -0.25) is 0 Å². The molecule has 108 valence electrons. The van der Waals surface area contributed by atoms with Gasteiger partial charge in [0, 0.05) is 5.02 Å². The first-order valence-corrected chi connectivity index (χ1v) is 7.07. The van der Waals surface area contributed by atoms with Gasteiger partial charge in [-0.1, -0.05) is 35.9 Å². The van der Waals surface area contributed by atoms with Crippen LogP contribution >= 0.6 is 11.6 Å². The van der Waals surface area contributed by atoms with Gasteiger partial charge in [0.25, 0.3) is 0 Å². The molecule has 3 nitrogen and oxygen atoms in total. The average Bonchev–Trinajstić information content (AvgIpc) is 3.23. The minimum atomic E-state index is -0.455. The number of rotatable bonds is 3. The lowest BCUT2D eigenvalue weighted by Gasteiger charge is -2.18. The molecule has 1 aliphatic rings. The van der Waals surface area contributed by atoms with Crippen LogP contribution in [-0.4, -0.2) is 6.03 Å². The molecule has 21 heavy (non-hydrogen) atoms. The standard InChI is InChI=1S/C16H14ClFN2O/c17-12-7-5-11(6-8-12)16(9-10-16)20-15(21)19-14-4-2-1-3-13(14)18/h1-8H,9-10H2,(H2,19,20,21). The second kappa shape index (κ2) is 5.37. The summed E-state index contributed by atoms with van der Waals surface area (Å²) in [6, 6.07) is 13.1. The van der Waals surface area contributed by atoms with Crippen LogP contribution in [0.2, 0.25) is 5.02 Å². The second-order valence-corrected chi connectivity index (χ2v) is 5.58. The first-order valence-electron chi connectivity index (χ1n) is 6.69. The molecule has 0 bridgehead atoms. The summed E-state index contributed by atoms with van der Waals surface area (Å²) in [5.41, 5.74) is 0.817. The monoisotopic (exact) mass is 304 g/mol. The van der Waals surface area contributed by atoms with E-state index in [-0.39, 0.29) is 11.2 Å². The number of anilines is 1. The second-order valence-electron chi connectivity index (χ2n) is 5.15. The van der Waals surface area contributed by atoms with Crippen molar-refractivity contribution in [3.63, 3.8) is 0 Å². The summed E-state index contributed by atoms with van der Waals surface area (Å²) >= 11 is 5.87. The fourth-order valence-electron chi connectivity index (χ4n) is 2.31. The molecule has 2 aromatic rings. The van der Waals surface area contributed by atoms with E-state index in [0.29, 0.717) is 5.02 Å². The predicted molar refractivity (Wildman–Crippen MR) is 80.9 cm³/mol. The van der Waals surface area contributed by atoms with Gasteiger partial charge in [-0.05, 0) is 42.7 Å². The Bertz CT molecular complexity index is 668. The number of hydrogen-bond acceptors (Lipinski definition) is 1. The molecule has 2 aromatic carbocycles. The summed E-state index contributed by atoms with van der Waals surface area (Å²) in [7, 11) is 0. The summed E-state index contributed by atoms with van der Waals surface area (Å²) in [6.45, 7) is 0. The minimum absolute atomic E-state index is 0.168. The number of urea groups is 1. The molecule has 0 saturated heterocycles. The third kappa shape index (κ3) is 3.00. The molecule has 0 heterocycles. The van der Waals surface area contributed by atoms with Crippen LogP contribution in [0.1, 0.15) is 18.4 Å². The van der Waals surface area contributed by atoms with Crippen molar-refractivity contribution in [3.05, 3.63) is 64.9 Å². The van der Waals surface area contributed by atoms with Crippen molar-refractivity contribution >= 4 is 23.3 Å². The zero-order valence-electron chi connectivity index (χ0n) is 11.2. The molecule has 0 spiro atoms. The van der Waals surface area contributed by atoms with Gasteiger partial charge in [0.2, 0.25) is 0 Å². The van der Waals surface area contributed by atoms with E-state index < -0.39 is 11.8 Å². The largest absolute Gasteiger partial charge is 0.328 e. The molecule has 0 radical (unpaired) electrons. The number of benzene rings is 2. The Balaban J connectivity index is 1.70. The molecule has 2 amide bonds. The average molecular weight is 305 g/mol. The van der Waals surface area contributed by atoms with Gasteiger partial charge in [0.05, 0.1) is 11.2 Å². The highest BCUT2D eigenvalue weighted by atomic mass is 35.5. The van der Waals surface area contributed by atoms with E-state index in [9.17, 15) is 9.18 Å². The van der Waals surface area contributed by atoms with Gasteiger partial charge in [-0.2, -0.15) is 0 Å². The van der Waals surface area contributed by atoms with E-state index in [1.54, 1.807) is 24.3 Å². The molecule has 0 atom stereocenters. The van der Waals surface area contributed by atoms with E-state index in [0.717, 1.165) is 18.4 Å². The van der Waals surface area contributed by atoms with E-state index >= 15 is 0 Å². The van der Waals surface area contributed by atoms with Crippen LogP contribution in [0.5, 0.6) is 0 Å². The van der Waals surface area contributed by atoms with Crippen LogP contribution in [0.4, 0.5) is 14.9 Å². The number of carbonyl (C=O) groups is 1. The molecule has 1 aliphatic carbocycles. The van der Waals surface area contributed by atoms with Crippen molar-refractivity contribution in [1.29, 1.82) is 0 Å². The lowest BCUT2D eigenvalue weighted by atomic mass is 10.1. The van der Waals surface area contributed by atoms with Crippen LogP contribution in [0, 0.1) is 5.82 Å². The lowest BCUT2D eigenvalue weighted by molar-refractivity contribution is 0.247. The van der Waals surface area contributed by atoms with Gasteiger partial charge in [0.1, 0.15) is 5.82 Å². The summed E-state index contributed by atoms with van der Waals surface area (Å²) in [5.74, 6) is -0.455. The Morgan fingerprint density at radius 1 is 1.10 bits per heavy atom. The third-order valence-electron chi connectivity index (χ3n) is 3.62. The first-order chi connectivity index (χ1) is 10.1. The van der Waals surface area contributed by atoms with Crippen LogP contribution in [0.15, 0.2) is 48.5 Å². The summed E-state index contributed by atoms with van der Waals surface area (Å²) < 4.78 is 13.5. The number of para-hydroxylation sites is 1. The Labute approximate surface area is 127 Å². The van der Waals surface area contributed by atoms with Gasteiger partial charge < -0.3 is 10.6 Å². The van der Waals surface area contributed by atoms with Crippen molar-refractivity contribution in [3.8, 4) is 0 Å². The zero-order chi connectivity index (χ0) is 14.9. The smallest absolute Gasteiger partial charge is 0.320 e. The third-order valence-corrected chi connectivity index (χ3v) is 3.87. The molecule has 0 unspecified atom stereocenters. The SMILES string of the molecule is O=C(Nc1ccccc1F)NC1(c2ccc(Cl)cc2)CC1. The zero-order valence-corrected chi connectivity index (χ0v) is 12.0. The van der Waals surface area contributed by atoms with Crippen molar-refractivity contribution in [1.82, 2.24) is 5.32 Å². The fourth-order valence-corrected chi connectivity index (χ4v) is 2.44.